The van der Waals surface area contributed by atoms with E-state index >= 15 is 0 Å². The predicted molar refractivity (Wildman–Crippen MR) is 114 cm³/mol. The van der Waals surface area contributed by atoms with Gasteiger partial charge in [0.2, 0.25) is 0 Å². The smallest absolute Gasteiger partial charge is 0.191 e. The zero-order valence-corrected chi connectivity index (χ0v) is 17.8. The van der Waals surface area contributed by atoms with E-state index in [1.807, 2.05) is 6.20 Å². The molecule has 0 radical (unpaired) electrons. The van der Waals surface area contributed by atoms with Gasteiger partial charge in [-0.1, -0.05) is 12.1 Å². The number of ether oxygens (including phenoxy) is 2. The van der Waals surface area contributed by atoms with Gasteiger partial charge < -0.3 is 20.1 Å². The zero-order chi connectivity index (χ0) is 19.8. The number of aryl methyl sites for hydroxylation is 2. The zero-order valence-electron chi connectivity index (χ0n) is 17.0. The summed E-state index contributed by atoms with van der Waals surface area (Å²) < 4.78 is 11.6. The van der Waals surface area contributed by atoms with Gasteiger partial charge in [0, 0.05) is 42.6 Å². The highest BCUT2D eigenvalue weighted by Crippen LogP contribution is 2.24. The molecule has 28 heavy (non-hydrogen) atoms. The second kappa shape index (κ2) is 10.4. The highest BCUT2D eigenvalue weighted by Gasteiger charge is 2.18. The summed E-state index contributed by atoms with van der Waals surface area (Å²) in [6.07, 6.45) is 3.89. The van der Waals surface area contributed by atoms with Gasteiger partial charge in [-0.2, -0.15) is 0 Å². The molecule has 0 saturated carbocycles. The van der Waals surface area contributed by atoms with Crippen molar-refractivity contribution in [3.63, 3.8) is 0 Å². The standard InChI is InChI=1S/C21H30N4O2S/c1-4-22-21(23-9-7-20-24-12-16(3)28-20)25-13-17-6-5-15(2)11-19(17)27-18-8-10-26-14-18/h5-6,11-12,18H,4,7-10,13-14H2,1-3H3,(H2,22,23,25). The maximum atomic E-state index is 6.18. The maximum Gasteiger partial charge on any atom is 0.191 e. The second-order valence-electron chi connectivity index (χ2n) is 6.95. The fourth-order valence-electron chi connectivity index (χ4n) is 3.00. The van der Waals surface area contributed by atoms with Crippen LogP contribution in [0.3, 0.4) is 0 Å². The summed E-state index contributed by atoms with van der Waals surface area (Å²) in [4.78, 5) is 10.4. The van der Waals surface area contributed by atoms with E-state index < -0.39 is 0 Å². The van der Waals surface area contributed by atoms with Crippen molar-refractivity contribution in [3.8, 4) is 5.75 Å². The molecule has 0 amide bonds. The molecule has 152 valence electrons. The molecule has 1 aromatic heterocycles. The molecule has 2 heterocycles. The van der Waals surface area contributed by atoms with Crippen molar-refractivity contribution in [1.29, 1.82) is 0 Å². The molecule has 1 aromatic carbocycles. The lowest BCUT2D eigenvalue weighted by Gasteiger charge is -2.16. The minimum absolute atomic E-state index is 0.137. The average Bonchev–Trinajstić information content (AvgIpc) is 3.32. The second-order valence-corrected chi connectivity index (χ2v) is 8.27. The lowest BCUT2D eigenvalue weighted by atomic mass is 10.1. The quantitative estimate of drug-likeness (QED) is 0.524. The van der Waals surface area contributed by atoms with Gasteiger partial charge in [0.05, 0.1) is 24.8 Å². The predicted octanol–water partition coefficient (Wildman–Crippen LogP) is 3.23. The third kappa shape index (κ3) is 6.21. The van der Waals surface area contributed by atoms with Crippen molar-refractivity contribution in [2.24, 2.45) is 4.99 Å². The van der Waals surface area contributed by atoms with Gasteiger partial charge in [-0.15, -0.1) is 11.3 Å². The number of hydrogen-bond acceptors (Lipinski definition) is 5. The largest absolute Gasteiger partial charge is 0.488 e. The highest BCUT2D eigenvalue weighted by molar-refractivity contribution is 7.11. The van der Waals surface area contributed by atoms with Gasteiger partial charge in [-0.05, 0) is 32.4 Å². The van der Waals surface area contributed by atoms with Crippen LogP contribution >= 0.6 is 11.3 Å². The number of nitrogens with zero attached hydrogens (tertiary/aromatic N) is 2. The molecular weight excluding hydrogens is 372 g/mol. The normalized spacial score (nSPS) is 17.0. The Morgan fingerprint density at radius 1 is 1.36 bits per heavy atom. The number of thiazole rings is 1. The lowest BCUT2D eigenvalue weighted by molar-refractivity contribution is 0.140. The van der Waals surface area contributed by atoms with Crippen LogP contribution < -0.4 is 15.4 Å². The lowest BCUT2D eigenvalue weighted by Crippen LogP contribution is -2.38. The van der Waals surface area contributed by atoms with Gasteiger partial charge >= 0.3 is 0 Å². The first-order chi connectivity index (χ1) is 13.6. The van der Waals surface area contributed by atoms with Crippen LogP contribution in [0.5, 0.6) is 5.75 Å². The fourth-order valence-corrected chi connectivity index (χ4v) is 3.78. The molecule has 0 aliphatic carbocycles. The Balaban J connectivity index is 1.61. The molecule has 0 bridgehead atoms. The Hall–Kier alpha value is -2.12. The first-order valence-corrected chi connectivity index (χ1v) is 10.7. The number of benzene rings is 1. The van der Waals surface area contributed by atoms with Crippen LogP contribution in [0.15, 0.2) is 29.4 Å². The van der Waals surface area contributed by atoms with E-state index in [9.17, 15) is 0 Å². The monoisotopic (exact) mass is 402 g/mol. The van der Waals surface area contributed by atoms with Crippen molar-refractivity contribution in [2.75, 3.05) is 26.3 Å². The summed E-state index contributed by atoms with van der Waals surface area (Å²) in [6, 6.07) is 6.30. The number of rotatable bonds is 8. The molecule has 3 rings (SSSR count). The summed E-state index contributed by atoms with van der Waals surface area (Å²) in [5, 5.41) is 7.85. The van der Waals surface area contributed by atoms with E-state index in [2.05, 4.69) is 54.6 Å². The van der Waals surface area contributed by atoms with Crippen LogP contribution in [-0.4, -0.2) is 43.4 Å². The topological polar surface area (TPSA) is 67.8 Å². The molecule has 7 heteroatoms. The molecule has 1 fully saturated rings. The van der Waals surface area contributed by atoms with E-state index in [-0.39, 0.29) is 6.10 Å². The van der Waals surface area contributed by atoms with E-state index in [0.29, 0.717) is 13.2 Å². The summed E-state index contributed by atoms with van der Waals surface area (Å²) in [5.74, 6) is 1.72. The van der Waals surface area contributed by atoms with Crippen LogP contribution in [0.25, 0.3) is 0 Å². The first-order valence-electron chi connectivity index (χ1n) is 9.91. The number of hydrogen-bond donors (Lipinski definition) is 2. The average molecular weight is 403 g/mol. The van der Waals surface area contributed by atoms with E-state index in [4.69, 9.17) is 14.5 Å². The number of aromatic nitrogens is 1. The van der Waals surface area contributed by atoms with Gasteiger partial charge in [0.25, 0.3) is 0 Å². The molecule has 6 nitrogen and oxygen atoms in total. The number of aliphatic imine (C=N–C) groups is 1. The van der Waals surface area contributed by atoms with Gasteiger partial charge in [-0.3, -0.25) is 0 Å². The Morgan fingerprint density at radius 3 is 2.96 bits per heavy atom. The molecule has 1 unspecified atom stereocenters. The summed E-state index contributed by atoms with van der Waals surface area (Å²) in [7, 11) is 0. The molecule has 1 aliphatic heterocycles. The summed E-state index contributed by atoms with van der Waals surface area (Å²) in [5.41, 5.74) is 2.27. The molecule has 2 N–H and O–H groups in total. The van der Waals surface area contributed by atoms with Crippen LogP contribution in [0, 0.1) is 13.8 Å². The van der Waals surface area contributed by atoms with Gasteiger partial charge in [0.1, 0.15) is 11.9 Å². The summed E-state index contributed by atoms with van der Waals surface area (Å²) >= 11 is 1.74. The Morgan fingerprint density at radius 2 is 2.25 bits per heavy atom. The number of nitrogens with one attached hydrogen (secondary N) is 2. The highest BCUT2D eigenvalue weighted by atomic mass is 32.1. The van der Waals surface area contributed by atoms with Gasteiger partial charge in [-0.25, -0.2) is 9.98 Å². The molecule has 1 saturated heterocycles. The van der Waals surface area contributed by atoms with Crippen molar-refractivity contribution >= 4 is 17.3 Å². The molecule has 0 spiro atoms. The molecular formula is C21H30N4O2S. The molecule has 1 aliphatic rings. The van der Waals surface area contributed by atoms with Crippen molar-refractivity contribution in [2.45, 2.75) is 46.3 Å². The third-order valence-electron chi connectivity index (χ3n) is 4.46. The Labute approximate surface area is 171 Å². The van der Waals surface area contributed by atoms with Crippen molar-refractivity contribution in [1.82, 2.24) is 15.6 Å². The van der Waals surface area contributed by atoms with Crippen LogP contribution in [0.2, 0.25) is 0 Å². The third-order valence-corrected chi connectivity index (χ3v) is 5.43. The first kappa shape index (κ1) is 20.6. The van der Waals surface area contributed by atoms with Crippen molar-refractivity contribution in [3.05, 3.63) is 45.4 Å². The Bertz CT molecular complexity index is 784. The van der Waals surface area contributed by atoms with Crippen LogP contribution in [0.1, 0.15) is 34.4 Å². The van der Waals surface area contributed by atoms with E-state index in [1.54, 1.807) is 11.3 Å². The SMILES string of the molecule is CCNC(=NCc1ccc(C)cc1OC1CCOC1)NCCc1ncc(C)s1. The van der Waals surface area contributed by atoms with E-state index in [0.717, 1.165) is 54.8 Å². The van der Waals surface area contributed by atoms with Crippen molar-refractivity contribution < 1.29 is 9.47 Å². The minimum atomic E-state index is 0.137. The minimum Gasteiger partial charge on any atom is -0.488 e. The molecule has 1 atom stereocenters. The van der Waals surface area contributed by atoms with E-state index in [1.165, 1.54) is 10.4 Å². The fraction of sp³-hybridized carbons (Fsp3) is 0.524. The van der Waals surface area contributed by atoms with Gasteiger partial charge in [0.15, 0.2) is 5.96 Å². The molecule has 2 aromatic rings. The summed E-state index contributed by atoms with van der Waals surface area (Å²) in [6.45, 7) is 9.86. The Kier molecular flexibility index (Phi) is 7.68. The number of guanidine groups is 1. The van der Waals surface area contributed by atoms with Crippen LogP contribution in [0.4, 0.5) is 0 Å². The van der Waals surface area contributed by atoms with Crippen LogP contribution in [-0.2, 0) is 17.7 Å². The maximum absolute atomic E-state index is 6.18.